The molecule has 0 aliphatic rings. The summed E-state index contributed by atoms with van der Waals surface area (Å²) in [6.07, 6.45) is 3.02. The van der Waals surface area contributed by atoms with Gasteiger partial charge in [-0.1, -0.05) is 0 Å². The second-order valence-electron chi connectivity index (χ2n) is 3.90. The summed E-state index contributed by atoms with van der Waals surface area (Å²) >= 11 is 0. The molecule has 3 N–H and O–H groups in total. The molecule has 2 aromatic heterocycles. The van der Waals surface area contributed by atoms with Crippen molar-refractivity contribution in [1.82, 2.24) is 19.5 Å². The van der Waals surface area contributed by atoms with E-state index in [0.29, 0.717) is 16.6 Å². The lowest BCUT2D eigenvalue weighted by atomic mass is 10.2. The summed E-state index contributed by atoms with van der Waals surface area (Å²) in [6.45, 7) is 0. The molecular weight excluding hydrogens is 244 g/mol. The maximum atomic E-state index is 12.0. The molecule has 3 rings (SSSR count). The molecule has 1 aromatic carbocycles. The summed E-state index contributed by atoms with van der Waals surface area (Å²) in [5.41, 5.74) is 6.32. The molecule has 7 heteroatoms. The zero-order chi connectivity index (χ0) is 13.4. The second kappa shape index (κ2) is 3.96. The molecule has 0 saturated heterocycles. The van der Waals surface area contributed by atoms with E-state index >= 15 is 0 Å². The van der Waals surface area contributed by atoms with Gasteiger partial charge in [0, 0.05) is 18.1 Å². The van der Waals surface area contributed by atoms with Crippen LogP contribution < -0.4 is 11.3 Å². The van der Waals surface area contributed by atoms with Gasteiger partial charge in [-0.3, -0.25) is 14.3 Å². The third-order valence-corrected chi connectivity index (χ3v) is 2.69. The van der Waals surface area contributed by atoms with Gasteiger partial charge in [0.2, 0.25) is 11.8 Å². The number of hydrogen-bond donors (Lipinski definition) is 2. The van der Waals surface area contributed by atoms with Crippen LogP contribution in [0.15, 0.2) is 35.4 Å². The number of imidazole rings is 1. The molecule has 0 unspecified atom stereocenters. The molecule has 92 valence electrons. The molecule has 0 spiro atoms. The number of anilines is 1. The van der Waals surface area contributed by atoms with E-state index in [-0.39, 0.29) is 17.3 Å². The Kier molecular flexibility index (Phi) is 2.29. The third kappa shape index (κ3) is 1.71. The standard InChI is InChI=1S/C12H8N6O/c13-6-10-15-3-4-18(10)12-16-9-2-1-7(14)5-8(9)11(19)17-12/h1-5H,14H2,(H,16,17,19). The lowest BCUT2D eigenvalue weighted by Gasteiger charge is -2.04. The highest BCUT2D eigenvalue weighted by molar-refractivity contribution is 5.81. The van der Waals surface area contributed by atoms with E-state index < -0.39 is 0 Å². The summed E-state index contributed by atoms with van der Waals surface area (Å²) in [4.78, 5) is 22.7. The first kappa shape index (κ1) is 11.0. The predicted octanol–water partition coefficient (Wildman–Crippen LogP) is 0.563. The number of nitriles is 1. The largest absolute Gasteiger partial charge is 0.399 e. The monoisotopic (exact) mass is 252 g/mol. The van der Waals surface area contributed by atoms with E-state index in [1.807, 2.05) is 6.07 Å². The Hall–Kier alpha value is -3.14. The van der Waals surface area contributed by atoms with Crippen LogP contribution in [-0.2, 0) is 0 Å². The van der Waals surface area contributed by atoms with Crippen molar-refractivity contribution in [2.24, 2.45) is 0 Å². The number of nitrogens with two attached hydrogens (primary N) is 1. The molecule has 0 radical (unpaired) electrons. The number of rotatable bonds is 1. The molecule has 0 aliphatic carbocycles. The summed E-state index contributed by atoms with van der Waals surface area (Å²) in [6, 6.07) is 6.80. The highest BCUT2D eigenvalue weighted by Gasteiger charge is 2.09. The SMILES string of the molecule is N#Cc1nccn1-c1nc2ccc(N)cc2c(=O)[nH]1. The molecule has 0 atom stereocenters. The number of aromatic nitrogens is 4. The minimum Gasteiger partial charge on any atom is -0.399 e. The molecule has 0 amide bonds. The van der Waals surface area contributed by atoms with Gasteiger partial charge < -0.3 is 5.73 Å². The van der Waals surface area contributed by atoms with Gasteiger partial charge in [0.25, 0.3) is 5.56 Å². The first-order valence-electron chi connectivity index (χ1n) is 5.42. The van der Waals surface area contributed by atoms with Crippen molar-refractivity contribution in [2.75, 3.05) is 5.73 Å². The normalized spacial score (nSPS) is 10.5. The van der Waals surface area contributed by atoms with Crippen molar-refractivity contribution in [3.63, 3.8) is 0 Å². The fraction of sp³-hybridized carbons (Fsp3) is 0. The molecule has 2 heterocycles. The molecule has 0 fully saturated rings. The Labute approximate surface area is 107 Å². The van der Waals surface area contributed by atoms with Crippen molar-refractivity contribution in [3.8, 4) is 12.0 Å². The topological polar surface area (TPSA) is 113 Å². The van der Waals surface area contributed by atoms with Gasteiger partial charge in [0.15, 0.2) is 0 Å². The van der Waals surface area contributed by atoms with E-state index in [4.69, 9.17) is 11.0 Å². The van der Waals surface area contributed by atoms with Crippen molar-refractivity contribution in [3.05, 3.63) is 46.8 Å². The van der Waals surface area contributed by atoms with Crippen LogP contribution in [0.2, 0.25) is 0 Å². The van der Waals surface area contributed by atoms with Crippen molar-refractivity contribution in [1.29, 1.82) is 5.26 Å². The zero-order valence-corrected chi connectivity index (χ0v) is 9.66. The average molecular weight is 252 g/mol. The van der Waals surface area contributed by atoms with Gasteiger partial charge in [0.05, 0.1) is 10.9 Å². The minimum atomic E-state index is -0.315. The molecule has 0 aliphatic heterocycles. The Morgan fingerprint density at radius 2 is 2.26 bits per heavy atom. The quantitative estimate of drug-likeness (QED) is 0.614. The number of nitrogens with zero attached hydrogens (tertiary/aromatic N) is 4. The molecule has 0 bridgehead atoms. The number of fused-ring (bicyclic) bond motifs is 1. The summed E-state index contributed by atoms with van der Waals surface area (Å²) in [5, 5.41) is 9.32. The van der Waals surface area contributed by atoms with Gasteiger partial charge in [-0.05, 0) is 18.2 Å². The van der Waals surface area contributed by atoms with Gasteiger partial charge in [-0.25, -0.2) is 9.97 Å². The van der Waals surface area contributed by atoms with Crippen LogP contribution in [0.4, 0.5) is 5.69 Å². The van der Waals surface area contributed by atoms with Crippen molar-refractivity contribution < 1.29 is 0 Å². The molecule has 0 saturated carbocycles. The second-order valence-corrected chi connectivity index (χ2v) is 3.90. The highest BCUT2D eigenvalue weighted by atomic mass is 16.1. The third-order valence-electron chi connectivity index (χ3n) is 2.69. The van der Waals surface area contributed by atoms with E-state index in [0.717, 1.165) is 0 Å². The number of nitrogens with one attached hydrogen (secondary N) is 1. The number of hydrogen-bond acceptors (Lipinski definition) is 5. The van der Waals surface area contributed by atoms with Crippen LogP contribution in [0, 0.1) is 11.3 Å². The van der Waals surface area contributed by atoms with E-state index in [1.54, 1.807) is 24.4 Å². The summed E-state index contributed by atoms with van der Waals surface area (Å²) in [5.74, 6) is 0.397. The smallest absolute Gasteiger partial charge is 0.260 e. The first-order valence-corrected chi connectivity index (χ1v) is 5.42. The van der Waals surface area contributed by atoms with Crippen LogP contribution in [0.3, 0.4) is 0 Å². The van der Waals surface area contributed by atoms with Crippen LogP contribution in [0.25, 0.3) is 16.9 Å². The van der Waals surface area contributed by atoms with E-state index in [1.165, 1.54) is 10.8 Å². The fourth-order valence-corrected chi connectivity index (χ4v) is 1.82. The Morgan fingerprint density at radius 1 is 1.42 bits per heavy atom. The number of nitrogen functional groups attached to an aromatic ring is 1. The van der Waals surface area contributed by atoms with Gasteiger partial charge in [-0.2, -0.15) is 5.26 Å². The molecule has 7 nitrogen and oxygen atoms in total. The van der Waals surface area contributed by atoms with Crippen molar-refractivity contribution in [2.45, 2.75) is 0 Å². The van der Waals surface area contributed by atoms with Crippen molar-refractivity contribution >= 4 is 16.6 Å². The van der Waals surface area contributed by atoms with Crippen LogP contribution in [0.1, 0.15) is 5.82 Å². The number of aromatic amines is 1. The lowest BCUT2D eigenvalue weighted by Crippen LogP contribution is -2.14. The fourth-order valence-electron chi connectivity index (χ4n) is 1.82. The Balaban J connectivity index is 2.31. The highest BCUT2D eigenvalue weighted by Crippen LogP contribution is 2.13. The number of benzene rings is 1. The van der Waals surface area contributed by atoms with Gasteiger partial charge in [0.1, 0.15) is 6.07 Å². The Morgan fingerprint density at radius 3 is 3.05 bits per heavy atom. The van der Waals surface area contributed by atoms with Crippen LogP contribution in [-0.4, -0.2) is 19.5 Å². The van der Waals surface area contributed by atoms with Crippen LogP contribution >= 0.6 is 0 Å². The minimum absolute atomic E-state index is 0.151. The maximum Gasteiger partial charge on any atom is 0.260 e. The first-order chi connectivity index (χ1) is 9.19. The maximum absolute atomic E-state index is 12.0. The molecule has 19 heavy (non-hydrogen) atoms. The molecule has 3 aromatic rings. The Bertz CT molecular complexity index is 870. The summed E-state index contributed by atoms with van der Waals surface area (Å²) in [7, 11) is 0. The van der Waals surface area contributed by atoms with Gasteiger partial charge >= 0.3 is 0 Å². The summed E-state index contributed by atoms with van der Waals surface area (Å²) < 4.78 is 1.41. The predicted molar refractivity (Wildman–Crippen MR) is 68.6 cm³/mol. The number of H-pyrrole nitrogens is 1. The lowest BCUT2D eigenvalue weighted by molar-refractivity contribution is 0.911. The zero-order valence-electron chi connectivity index (χ0n) is 9.66. The average Bonchev–Trinajstić information content (AvgIpc) is 2.87. The van der Waals surface area contributed by atoms with Gasteiger partial charge in [-0.15, -0.1) is 0 Å². The van der Waals surface area contributed by atoms with E-state index in [9.17, 15) is 4.79 Å². The van der Waals surface area contributed by atoms with Crippen LogP contribution in [0.5, 0.6) is 0 Å². The molecular formula is C12H8N6O. The van der Waals surface area contributed by atoms with E-state index in [2.05, 4.69) is 15.0 Å².